The first-order chi connectivity index (χ1) is 2.00. The van der Waals surface area contributed by atoms with Crippen LogP contribution in [0.5, 0.6) is 0 Å². The van der Waals surface area contributed by atoms with Gasteiger partial charge in [0, 0.05) is 17.1 Å². The van der Waals surface area contributed by atoms with Gasteiger partial charge in [0.15, 0.2) is 17.4 Å². The molecule has 0 heterocycles. The first-order valence-electron chi connectivity index (χ1n) is 0.894. The van der Waals surface area contributed by atoms with Gasteiger partial charge in [-0.2, -0.15) is 0 Å². The van der Waals surface area contributed by atoms with E-state index in [1.165, 1.54) is 0 Å². The molecule has 48 valence electrons. The molecule has 0 aliphatic rings. The summed E-state index contributed by atoms with van der Waals surface area (Å²) in [6.07, 6.45) is 0. The molecule has 0 aromatic heterocycles. The molecule has 0 aliphatic carbocycles. The van der Waals surface area contributed by atoms with Crippen LogP contribution in [0, 0.1) is 0 Å². The quantitative estimate of drug-likeness (QED) is 0.286. The Morgan fingerprint density at radius 3 is 1.00 bits per heavy atom. The Bertz CT molecular complexity index is 36.0. The maximum Gasteiger partial charge on any atom is 1.00 e. The summed E-state index contributed by atoms with van der Waals surface area (Å²) in [7, 11) is -4.61. The Morgan fingerprint density at radius 2 is 1.00 bits per heavy atom. The largest absolute Gasteiger partial charge is 1.00 e. The fraction of sp³-hybridized carbons (Fsp3) is 0. The van der Waals surface area contributed by atoms with E-state index in [4.69, 9.17) is 19.2 Å². The Kier molecular flexibility index (Phi) is 24.6. The summed E-state index contributed by atoms with van der Waals surface area (Å²) in [6, 6.07) is 0. The molecule has 0 unspecified atom stereocenters. The smallest absolute Gasteiger partial charge is 1.00 e. The maximum absolute atomic E-state index is 7.33. The Balaban J connectivity index is -0.0000000133. The molecule has 0 bridgehead atoms. The van der Waals surface area contributed by atoms with Crippen molar-refractivity contribution in [1.82, 2.24) is 0 Å². The van der Waals surface area contributed by atoms with Gasteiger partial charge in [0.25, 0.3) is 0 Å². The van der Waals surface area contributed by atoms with Crippen LogP contribution >= 0.6 is 0 Å². The molecule has 0 amide bonds. The third-order valence-electron chi connectivity index (χ3n) is 0. The van der Waals surface area contributed by atoms with E-state index in [2.05, 4.69) is 0 Å². The van der Waals surface area contributed by atoms with Crippen molar-refractivity contribution in [2.45, 2.75) is 0 Å². The second-order valence-electron chi connectivity index (χ2n) is 0.600. The van der Waals surface area contributed by atoms with Crippen LogP contribution in [0.4, 0.5) is 0 Å². The molecule has 0 spiro atoms. The number of hydrogen-bond acceptors (Lipinski definition) is 4. The molecule has 0 fully saturated rings. The van der Waals surface area contributed by atoms with Gasteiger partial charge in [0.05, 0.1) is 0 Å². The van der Waals surface area contributed by atoms with Crippen LogP contribution in [0.3, 0.4) is 0 Å². The molecule has 0 aromatic rings. The second kappa shape index (κ2) is 8.71. The van der Waals surface area contributed by atoms with Crippen LogP contribution in [-0.2, 0) is 17.1 Å². The Hall–Kier alpha value is 1.71. The second-order valence-corrected chi connectivity index (χ2v) is 1.80. The number of rotatable bonds is 0. The van der Waals surface area contributed by atoms with Crippen molar-refractivity contribution in [2.24, 2.45) is 0 Å². The topological polar surface area (TPSA) is 80.9 Å². The Labute approximate surface area is 82.7 Å². The average Bonchev–Trinajstić information content (AvgIpc) is 0.722. The van der Waals surface area contributed by atoms with Gasteiger partial charge in [-0.3, -0.25) is 0 Å². The van der Waals surface area contributed by atoms with Crippen LogP contribution in [0.2, 0.25) is 0 Å². The van der Waals surface area contributed by atoms with E-state index < -0.39 is 9.05 Å². The van der Waals surface area contributed by atoms with Crippen LogP contribution in [0.1, 0.15) is 1.43 Å². The van der Waals surface area contributed by atoms with Gasteiger partial charge in [0.2, 0.25) is 0 Å². The first-order valence-corrected chi connectivity index (χ1v) is 2.68. The van der Waals surface area contributed by atoms with Gasteiger partial charge in [0.1, 0.15) is 0 Å². The van der Waals surface area contributed by atoms with Gasteiger partial charge in [-0.1, -0.05) is 0 Å². The fourth-order valence-electron chi connectivity index (χ4n) is 0. The van der Waals surface area contributed by atoms with Gasteiger partial charge >= 0.3 is 27.9 Å². The van der Waals surface area contributed by atoms with Crippen molar-refractivity contribution in [3.63, 3.8) is 0 Å². The van der Waals surface area contributed by atoms with E-state index in [0.29, 0.717) is 0 Å². The predicted octanol–water partition coefficient (Wildman–Crippen LogP) is -6.68. The molecule has 0 saturated heterocycles. The third-order valence-corrected chi connectivity index (χ3v) is 0. The first kappa shape index (κ1) is 22.6. The zero-order chi connectivity index (χ0) is 4.50. The van der Waals surface area contributed by atoms with Crippen LogP contribution in [0.25, 0.3) is 0 Å². The maximum atomic E-state index is 7.33. The molecule has 0 rings (SSSR count). The van der Waals surface area contributed by atoms with Gasteiger partial charge < -0.3 is 20.6 Å². The Morgan fingerprint density at radius 1 is 1.00 bits per heavy atom. The summed E-state index contributed by atoms with van der Waals surface area (Å²) >= 11 is 0. The molecule has 8 heteroatoms. The van der Waals surface area contributed by atoms with Crippen molar-refractivity contribution in [1.29, 1.82) is 0 Å². The third kappa shape index (κ3) is 119. The van der Waals surface area contributed by atoms with E-state index in [9.17, 15) is 0 Å². The molecule has 0 atom stereocenters. The molecule has 0 aliphatic heterocycles. The summed E-state index contributed by atoms with van der Waals surface area (Å²) < 4.78 is 0. The van der Waals surface area contributed by atoms with E-state index in [1.54, 1.807) is 0 Å². The summed E-state index contributed by atoms with van der Waals surface area (Å²) in [5.74, 6) is 0. The minimum Gasteiger partial charge on any atom is -1.00 e. The molecular weight excluding hydrogens is 182 g/mol. The zero-order valence-electron chi connectivity index (χ0n) is 4.64. The average molecular weight is 190 g/mol. The molecule has 4 nitrogen and oxygen atoms in total. The summed E-state index contributed by atoms with van der Waals surface area (Å²) in [5, 5.41) is 0. The molecule has 8 heavy (non-hydrogen) atoms. The van der Waals surface area contributed by atoms with Gasteiger partial charge in [-0.15, -0.1) is 0 Å². The molecule has 0 radical (unpaired) electrons. The van der Waals surface area contributed by atoms with Crippen molar-refractivity contribution in [2.75, 3.05) is 0 Å². The summed E-state index contributed by atoms with van der Waals surface area (Å²) in [4.78, 5) is 29.3. The minimum atomic E-state index is -4.61. The van der Waals surface area contributed by atoms with Crippen LogP contribution < -0.4 is 18.9 Å². The standard InChI is InChI=1S/Al.Fe.Li.H4O4Si.4H/c;;;1-5(2,3)4;;;;/h;;;1-4H;;;;/q;;+1;;;;;-1. The van der Waals surface area contributed by atoms with Crippen LogP contribution in [0.15, 0.2) is 0 Å². The van der Waals surface area contributed by atoms with Crippen molar-refractivity contribution in [3.05, 3.63) is 0 Å². The van der Waals surface area contributed by atoms with E-state index >= 15 is 0 Å². The SMILES string of the molecule is O[Si](O)(O)O.[AlH3].[Fe].[H-].[Li+]. The van der Waals surface area contributed by atoms with E-state index in [0.717, 1.165) is 0 Å². The van der Waals surface area contributed by atoms with Crippen molar-refractivity contribution < 1.29 is 56.5 Å². The van der Waals surface area contributed by atoms with E-state index in [-0.39, 0.29) is 54.7 Å². The van der Waals surface area contributed by atoms with Crippen LogP contribution in [-0.4, -0.2) is 45.6 Å². The zero-order valence-corrected chi connectivity index (χ0v) is 5.75. The molecule has 4 N–H and O–H groups in total. The van der Waals surface area contributed by atoms with Crippen molar-refractivity contribution >= 4 is 26.4 Å². The van der Waals surface area contributed by atoms with Crippen molar-refractivity contribution in [3.8, 4) is 0 Å². The van der Waals surface area contributed by atoms with E-state index in [1.807, 2.05) is 0 Å². The fourth-order valence-corrected chi connectivity index (χ4v) is 0. The number of hydrogen-bond donors (Lipinski definition) is 4. The molecular formula is H8AlFeLiO4Si. The van der Waals surface area contributed by atoms with Gasteiger partial charge in [-0.05, 0) is 0 Å². The van der Waals surface area contributed by atoms with Gasteiger partial charge in [-0.25, -0.2) is 0 Å². The minimum absolute atomic E-state index is 0. The molecule has 0 aromatic carbocycles. The summed E-state index contributed by atoms with van der Waals surface area (Å²) in [5.41, 5.74) is 0. The monoisotopic (exact) mass is 190 g/mol. The summed E-state index contributed by atoms with van der Waals surface area (Å²) in [6.45, 7) is 0. The normalized spacial score (nSPS) is 7.50. The predicted molar refractivity (Wildman–Crippen MR) is 25.7 cm³/mol. The molecule has 0 saturated carbocycles.